The molecule has 0 fully saturated rings. The standard InChI is InChI=1S/C54H46N2O8/c1-3-5-7-9-13-31(14-10-8-6-4-2)56-52(61)41-25-21-34-32-19-23-39-46-40(24-20-33(44(32)46)35-22-26-42(53(56)62)47(41)45(34)35)51(60)55(50(39)59)27-28-64-54(63)30-17-18-38-43(29-30)49(58)37-16-12-11-15-36(37)48(38)57/h11-12,15-26,29,31H,3-10,13-14,27-28H2,1-2H3. The molecule has 10 heteroatoms. The van der Waals surface area contributed by atoms with Gasteiger partial charge in [0.05, 0.1) is 12.1 Å². The zero-order valence-electron chi connectivity index (χ0n) is 35.9. The summed E-state index contributed by atoms with van der Waals surface area (Å²) in [4.78, 5) is 99.5. The Balaban J connectivity index is 0.934. The van der Waals surface area contributed by atoms with E-state index in [0.717, 1.165) is 101 Å². The van der Waals surface area contributed by atoms with Crippen LogP contribution in [0, 0.1) is 0 Å². The van der Waals surface area contributed by atoms with Crippen molar-refractivity contribution in [2.75, 3.05) is 13.2 Å². The summed E-state index contributed by atoms with van der Waals surface area (Å²) in [5.41, 5.74) is 2.64. The van der Waals surface area contributed by atoms with Crippen molar-refractivity contribution in [3.05, 3.63) is 141 Å². The highest BCUT2D eigenvalue weighted by Gasteiger charge is 2.39. The summed E-state index contributed by atoms with van der Waals surface area (Å²) in [6.45, 7) is 3.84. The van der Waals surface area contributed by atoms with E-state index in [2.05, 4.69) is 13.8 Å². The van der Waals surface area contributed by atoms with Crippen molar-refractivity contribution in [3.8, 4) is 0 Å². The van der Waals surface area contributed by atoms with E-state index in [4.69, 9.17) is 4.74 Å². The third kappa shape index (κ3) is 6.32. The highest BCUT2D eigenvalue weighted by molar-refractivity contribution is 6.41. The number of fused-ring (bicyclic) bond motifs is 4. The highest BCUT2D eigenvalue weighted by atomic mass is 16.5. The lowest BCUT2D eigenvalue weighted by Crippen LogP contribution is -2.47. The van der Waals surface area contributed by atoms with Crippen molar-refractivity contribution < 1.29 is 38.3 Å². The third-order valence-electron chi connectivity index (χ3n) is 13.6. The van der Waals surface area contributed by atoms with Crippen molar-refractivity contribution in [1.29, 1.82) is 0 Å². The molecule has 1 aliphatic carbocycles. The quantitative estimate of drug-likeness (QED) is 0.0327. The summed E-state index contributed by atoms with van der Waals surface area (Å²) >= 11 is 0. The number of hydrogen-bond acceptors (Lipinski definition) is 8. The molecule has 0 saturated heterocycles. The zero-order chi connectivity index (χ0) is 44.4. The largest absolute Gasteiger partial charge is 0.460 e. The van der Waals surface area contributed by atoms with Crippen LogP contribution in [0.5, 0.6) is 0 Å². The molecular formula is C54H46N2O8. The second-order valence-electron chi connectivity index (χ2n) is 17.3. The molecule has 0 spiro atoms. The van der Waals surface area contributed by atoms with Crippen LogP contribution >= 0.6 is 0 Å². The summed E-state index contributed by atoms with van der Waals surface area (Å²) in [6.07, 6.45) is 10.1. The predicted molar refractivity (Wildman–Crippen MR) is 245 cm³/mol. The number of hydrogen-bond donors (Lipinski definition) is 0. The summed E-state index contributed by atoms with van der Waals surface area (Å²) < 4.78 is 5.54. The van der Waals surface area contributed by atoms with Gasteiger partial charge in [-0.2, -0.15) is 0 Å². The molecule has 0 N–H and O–H groups in total. The number of unbranched alkanes of at least 4 members (excludes halogenated alkanes) is 6. The minimum Gasteiger partial charge on any atom is -0.460 e. The van der Waals surface area contributed by atoms with Gasteiger partial charge in [-0.3, -0.25) is 38.6 Å². The van der Waals surface area contributed by atoms with Crippen molar-refractivity contribution in [1.82, 2.24) is 9.80 Å². The Kier molecular flexibility index (Phi) is 10.4. The number of carbonyl (C=O) groups excluding carboxylic acids is 7. The second kappa shape index (κ2) is 16.2. The van der Waals surface area contributed by atoms with Gasteiger partial charge >= 0.3 is 5.97 Å². The number of ether oxygens (including phenoxy) is 1. The molecule has 7 aromatic rings. The Hall–Kier alpha value is -7.07. The molecule has 2 aliphatic heterocycles. The SMILES string of the molecule is CCCCCCC(CCCCCC)N1C(=O)c2ccc3c4ccc5c6c(ccc(c7ccc(c2c37)C1=O)c64)C(=O)N(CCOC(=O)c1ccc2c(c1)C(=O)c1ccccc1C2=O)C5=O. The first-order valence-corrected chi connectivity index (χ1v) is 22.6. The Morgan fingerprint density at radius 2 is 0.922 bits per heavy atom. The summed E-state index contributed by atoms with van der Waals surface area (Å²) in [5.74, 6) is -3.00. The number of ketones is 2. The lowest BCUT2D eigenvalue weighted by molar-refractivity contribution is 0.0405. The van der Waals surface area contributed by atoms with Crippen LogP contribution in [0.4, 0.5) is 0 Å². The topological polar surface area (TPSA) is 135 Å². The van der Waals surface area contributed by atoms with Crippen LogP contribution < -0.4 is 0 Å². The molecular weight excluding hydrogens is 805 g/mol. The van der Waals surface area contributed by atoms with Crippen molar-refractivity contribution in [2.24, 2.45) is 0 Å². The predicted octanol–water partition coefficient (Wildman–Crippen LogP) is 10.9. The summed E-state index contributed by atoms with van der Waals surface area (Å²) in [6, 6.07) is 25.3. The van der Waals surface area contributed by atoms with E-state index in [1.807, 2.05) is 36.4 Å². The third-order valence-corrected chi connectivity index (χ3v) is 13.6. The van der Waals surface area contributed by atoms with Gasteiger partial charge in [-0.1, -0.05) is 114 Å². The Labute approximate surface area is 369 Å². The van der Waals surface area contributed by atoms with E-state index in [0.29, 0.717) is 38.6 Å². The van der Waals surface area contributed by atoms with Gasteiger partial charge in [0.15, 0.2) is 11.6 Å². The summed E-state index contributed by atoms with van der Waals surface area (Å²) in [7, 11) is 0. The minimum atomic E-state index is -0.766. The molecule has 320 valence electrons. The van der Waals surface area contributed by atoms with Crippen LogP contribution in [0.15, 0.2) is 91.0 Å². The first-order valence-electron chi connectivity index (χ1n) is 22.6. The fraction of sp³-hybridized carbons (Fsp3) is 0.278. The van der Waals surface area contributed by atoms with Gasteiger partial charge in [-0.05, 0) is 87.6 Å². The average Bonchev–Trinajstić information content (AvgIpc) is 3.31. The van der Waals surface area contributed by atoms with Gasteiger partial charge in [0.2, 0.25) is 0 Å². The fourth-order valence-electron chi connectivity index (χ4n) is 10.4. The van der Waals surface area contributed by atoms with Crippen LogP contribution in [0.1, 0.15) is 162 Å². The van der Waals surface area contributed by atoms with Crippen molar-refractivity contribution in [3.63, 3.8) is 0 Å². The molecule has 4 amide bonds. The average molecular weight is 851 g/mol. The van der Waals surface area contributed by atoms with E-state index in [9.17, 15) is 33.6 Å². The second-order valence-corrected chi connectivity index (χ2v) is 17.3. The van der Waals surface area contributed by atoms with Crippen LogP contribution in [0.3, 0.4) is 0 Å². The molecule has 0 radical (unpaired) electrons. The number of esters is 1. The first kappa shape index (κ1) is 41.0. The maximum atomic E-state index is 14.5. The lowest BCUT2D eigenvalue weighted by atomic mass is 9.82. The molecule has 3 aliphatic rings. The van der Waals surface area contributed by atoms with Crippen molar-refractivity contribution >= 4 is 84.3 Å². The number of nitrogens with zero attached hydrogens (tertiary/aromatic N) is 2. The number of imide groups is 2. The number of benzene rings is 7. The molecule has 10 nitrogen and oxygen atoms in total. The molecule has 7 aromatic carbocycles. The number of carbonyl (C=O) groups is 7. The Morgan fingerprint density at radius 1 is 0.484 bits per heavy atom. The maximum absolute atomic E-state index is 14.5. The minimum absolute atomic E-state index is 0.0617. The molecule has 2 heterocycles. The molecule has 0 bridgehead atoms. The normalized spacial score (nSPS) is 14.5. The van der Waals surface area contributed by atoms with Gasteiger partial charge in [0.1, 0.15) is 6.61 Å². The number of rotatable bonds is 15. The van der Waals surface area contributed by atoms with Gasteiger partial charge in [0.25, 0.3) is 23.6 Å². The van der Waals surface area contributed by atoms with Gasteiger partial charge in [-0.25, -0.2) is 4.79 Å². The monoisotopic (exact) mass is 850 g/mol. The van der Waals surface area contributed by atoms with Crippen LogP contribution in [-0.4, -0.2) is 70.2 Å². The van der Waals surface area contributed by atoms with Gasteiger partial charge in [-0.15, -0.1) is 0 Å². The lowest BCUT2D eigenvalue weighted by Gasteiger charge is -2.35. The molecule has 10 rings (SSSR count). The van der Waals surface area contributed by atoms with E-state index in [1.165, 1.54) is 18.2 Å². The molecule has 0 saturated carbocycles. The maximum Gasteiger partial charge on any atom is 0.338 e. The van der Waals surface area contributed by atoms with E-state index < -0.39 is 17.8 Å². The van der Waals surface area contributed by atoms with Crippen LogP contribution in [-0.2, 0) is 4.74 Å². The molecule has 64 heavy (non-hydrogen) atoms. The summed E-state index contributed by atoms with van der Waals surface area (Å²) in [5, 5.41) is 5.98. The van der Waals surface area contributed by atoms with Crippen LogP contribution in [0.2, 0.25) is 0 Å². The number of amides is 4. The Bertz CT molecular complexity index is 3050. The highest BCUT2D eigenvalue weighted by Crippen LogP contribution is 2.46. The fourth-order valence-corrected chi connectivity index (χ4v) is 10.4. The van der Waals surface area contributed by atoms with Crippen molar-refractivity contribution in [2.45, 2.75) is 84.1 Å². The van der Waals surface area contributed by atoms with Gasteiger partial charge in [0, 0.05) is 61.3 Å². The molecule has 0 aromatic heterocycles. The van der Waals surface area contributed by atoms with Crippen LogP contribution in [0.25, 0.3) is 43.1 Å². The Morgan fingerprint density at radius 3 is 1.41 bits per heavy atom. The zero-order valence-corrected chi connectivity index (χ0v) is 35.9. The van der Waals surface area contributed by atoms with E-state index >= 15 is 0 Å². The van der Waals surface area contributed by atoms with Gasteiger partial charge < -0.3 is 4.74 Å². The smallest absolute Gasteiger partial charge is 0.338 e. The molecule has 0 unspecified atom stereocenters. The van der Waals surface area contributed by atoms with E-state index in [-0.39, 0.29) is 64.8 Å². The first-order chi connectivity index (χ1) is 31.1. The molecule has 0 atom stereocenters. The van der Waals surface area contributed by atoms with E-state index in [1.54, 1.807) is 41.3 Å².